The Balaban J connectivity index is 5.31. The Morgan fingerprint density at radius 1 is 0.290 bits per heavy atom. The van der Waals surface area contributed by atoms with Gasteiger partial charge in [-0.1, -0.05) is 293 Å². The summed E-state index contributed by atoms with van der Waals surface area (Å²) in [5, 5.41) is 10.6. The number of unbranched alkanes of at least 4 members (excludes halogenated alkanes) is 35. The molecule has 0 saturated carbocycles. The number of ether oxygens (including phenoxy) is 4. The van der Waals surface area contributed by atoms with Gasteiger partial charge >= 0.3 is 39.5 Å². The van der Waals surface area contributed by atoms with Gasteiger partial charge in [0.05, 0.1) is 26.4 Å². The van der Waals surface area contributed by atoms with Crippen LogP contribution in [0.25, 0.3) is 0 Å². The van der Waals surface area contributed by atoms with Crippen LogP contribution < -0.4 is 0 Å². The number of phosphoric ester groups is 2. The molecular weight excluding hydrogens is 1310 g/mol. The van der Waals surface area contributed by atoms with Gasteiger partial charge in [-0.3, -0.25) is 37.3 Å². The van der Waals surface area contributed by atoms with Crippen molar-refractivity contribution >= 4 is 39.5 Å². The maximum Gasteiger partial charge on any atom is 0.472 e. The lowest BCUT2D eigenvalue weighted by Gasteiger charge is -2.21. The predicted octanol–water partition coefficient (Wildman–Crippen LogP) is 23.0. The lowest BCUT2D eigenvalue weighted by molar-refractivity contribution is -0.161. The molecule has 0 radical (unpaired) electrons. The van der Waals surface area contributed by atoms with Crippen molar-refractivity contribution in [3.8, 4) is 0 Å². The molecule has 0 rings (SSSR count). The number of phosphoric acid groups is 2. The molecule has 0 aromatic rings. The summed E-state index contributed by atoms with van der Waals surface area (Å²) in [6, 6.07) is 0. The highest BCUT2D eigenvalue weighted by Gasteiger charge is 2.30. The van der Waals surface area contributed by atoms with Crippen molar-refractivity contribution in [2.45, 2.75) is 367 Å². The summed E-state index contributed by atoms with van der Waals surface area (Å²) in [7, 11) is -9.95. The second-order valence-corrected chi connectivity index (χ2v) is 29.5. The number of rotatable bonds is 75. The van der Waals surface area contributed by atoms with Crippen molar-refractivity contribution in [3.63, 3.8) is 0 Å². The molecule has 3 N–H and O–H groups in total. The van der Waals surface area contributed by atoms with Crippen molar-refractivity contribution in [3.05, 3.63) is 85.1 Å². The van der Waals surface area contributed by atoms with Crippen LogP contribution in [0.2, 0.25) is 0 Å². The first-order valence-electron chi connectivity index (χ1n) is 39.8. The summed E-state index contributed by atoms with van der Waals surface area (Å²) in [5.41, 5.74) is 0. The van der Waals surface area contributed by atoms with E-state index in [1.165, 1.54) is 77.0 Å². The van der Waals surface area contributed by atoms with Crippen LogP contribution in [0.3, 0.4) is 0 Å². The second-order valence-electron chi connectivity index (χ2n) is 26.6. The number of carbonyl (C=O) groups excluding carboxylic acids is 4. The molecule has 0 fully saturated rings. The second kappa shape index (κ2) is 73.5. The van der Waals surface area contributed by atoms with Gasteiger partial charge in [0.1, 0.15) is 19.3 Å². The summed E-state index contributed by atoms with van der Waals surface area (Å²) in [6.07, 6.45) is 75.6. The van der Waals surface area contributed by atoms with Crippen LogP contribution in [0.5, 0.6) is 0 Å². The van der Waals surface area contributed by atoms with Gasteiger partial charge < -0.3 is 33.8 Å². The zero-order valence-corrected chi connectivity index (χ0v) is 65.2. The van der Waals surface area contributed by atoms with Crippen LogP contribution in [0.4, 0.5) is 0 Å². The molecule has 0 saturated heterocycles. The number of hydrogen-bond acceptors (Lipinski definition) is 15. The smallest absolute Gasteiger partial charge is 0.462 e. The van der Waals surface area contributed by atoms with E-state index in [9.17, 15) is 43.2 Å². The van der Waals surface area contributed by atoms with E-state index in [2.05, 4.69) is 113 Å². The van der Waals surface area contributed by atoms with Gasteiger partial charge in [-0.2, -0.15) is 0 Å². The Kier molecular flexibility index (Phi) is 70.8. The van der Waals surface area contributed by atoms with Crippen molar-refractivity contribution < 1.29 is 80.2 Å². The minimum Gasteiger partial charge on any atom is -0.462 e. The number of aliphatic hydroxyl groups excluding tert-OH is 1. The van der Waals surface area contributed by atoms with E-state index in [-0.39, 0.29) is 25.7 Å². The zero-order valence-electron chi connectivity index (χ0n) is 63.4. The summed E-state index contributed by atoms with van der Waals surface area (Å²) in [4.78, 5) is 72.9. The SMILES string of the molecule is CC/C=C\C/C=C\C/C=C\CCCCCCCCCC(=O)OCC(COP(=O)(O)OCC(O)COP(=O)(O)OCC(COC(=O)CCCCCCCCC/C=C\C/C=C\C/C=C\CC)OC(=O)CCCCCCCCCCCCC)OC(=O)CCCCCCC/C=C\CCCCCCCC. The lowest BCUT2D eigenvalue weighted by Crippen LogP contribution is -2.30. The van der Waals surface area contributed by atoms with E-state index in [1.807, 2.05) is 0 Å². The fraction of sp³-hybridized carbons (Fsp3) is 0.778. The minimum atomic E-state index is -4.98. The fourth-order valence-corrected chi connectivity index (χ4v) is 12.4. The molecule has 5 atom stereocenters. The molecule has 0 aromatic heterocycles. The van der Waals surface area contributed by atoms with E-state index in [0.717, 1.165) is 193 Å². The molecule has 0 spiro atoms. The van der Waals surface area contributed by atoms with Crippen molar-refractivity contribution in [1.82, 2.24) is 0 Å². The van der Waals surface area contributed by atoms with Gasteiger partial charge in [-0.05, 0) is 116 Å². The van der Waals surface area contributed by atoms with Gasteiger partial charge in [-0.15, -0.1) is 0 Å². The van der Waals surface area contributed by atoms with Crippen LogP contribution in [-0.4, -0.2) is 96.7 Å². The largest absolute Gasteiger partial charge is 0.472 e. The number of allylic oxidation sites excluding steroid dienone is 14. The quantitative estimate of drug-likeness (QED) is 0.0169. The molecule has 19 heteroatoms. The van der Waals surface area contributed by atoms with Crippen molar-refractivity contribution in [1.29, 1.82) is 0 Å². The Hall–Kier alpha value is -3.76. The molecule has 580 valence electrons. The third kappa shape index (κ3) is 72.6. The Morgan fingerprint density at radius 3 is 0.810 bits per heavy atom. The number of hydrogen-bond donors (Lipinski definition) is 3. The highest BCUT2D eigenvalue weighted by atomic mass is 31.2. The molecule has 5 unspecified atom stereocenters. The number of carbonyl (C=O) groups is 4. The molecule has 0 aliphatic carbocycles. The maximum atomic E-state index is 13.1. The first kappa shape index (κ1) is 96.2. The maximum absolute atomic E-state index is 13.1. The predicted molar refractivity (Wildman–Crippen MR) is 409 cm³/mol. The van der Waals surface area contributed by atoms with Crippen LogP contribution in [0, 0.1) is 0 Å². The Morgan fingerprint density at radius 2 is 0.520 bits per heavy atom. The van der Waals surface area contributed by atoms with E-state index in [0.29, 0.717) is 25.7 Å². The molecule has 0 amide bonds. The van der Waals surface area contributed by atoms with Crippen LogP contribution in [-0.2, 0) is 65.4 Å². The van der Waals surface area contributed by atoms with Gasteiger partial charge in [0.15, 0.2) is 12.2 Å². The number of esters is 4. The standard InChI is InChI=1S/C81H144O17P2/c1-5-9-13-17-21-25-29-32-35-37-40-42-46-49-53-57-61-65-78(83)91-71-76(97-80(85)67-63-59-55-51-45-28-24-20-16-12-8-4)73-95-99(87,88)93-69-75(82)70-94-100(89,90)96-74-77(98-81(86)68-64-60-56-52-48-44-39-34-31-27-23-19-15-11-7-3)72-92-79(84)66-62-58-54-50-47-43-41-38-36-33-30-26-22-18-14-10-6-2/h9-10,13-14,21-22,25-26,32-36,39,75-77,82H,5-8,11-12,15-20,23-24,27-31,37-38,40-74H2,1-4H3,(H,87,88)(H,89,90)/b13-9-,14-10-,25-21-,26-22-,35-32-,36-33-,39-34-. The highest BCUT2D eigenvalue weighted by molar-refractivity contribution is 7.47. The first-order valence-corrected chi connectivity index (χ1v) is 42.8. The van der Waals surface area contributed by atoms with Crippen LogP contribution >= 0.6 is 15.6 Å². The third-order valence-corrected chi connectivity index (χ3v) is 18.8. The average Bonchev–Trinajstić information content (AvgIpc) is 1.02. The van der Waals surface area contributed by atoms with Gasteiger partial charge in [0.25, 0.3) is 0 Å². The van der Waals surface area contributed by atoms with E-state index in [1.54, 1.807) is 0 Å². The normalized spacial score (nSPS) is 14.3. The first-order chi connectivity index (χ1) is 48.7. The third-order valence-electron chi connectivity index (χ3n) is 16.9. The molecular formula is C81H144O17P2. The molecule has 100 heavy (non-hydrogen) atoms. The zero-order chi connectivity index (χ0) is 73.2. The molecule has 0 aliphatic heterocycles. The Bertz CT molecular complexity index is 2230. The summed E-state index contributed by atoms with van der Waals surface area (Å²) in [6.45, 7) is 4.66. The van der Waals surface area contributed by atoms with E-state index >= 15 is 0 Å². The molecule has 0 aromatic carbocycles. The monoisotopic (exact) mass is 1450 g/mol. The molecule has 0 bridgehead atoms. The van der Waals surface area contributed by atoms with Gasteiger partial charge in [-0.25, -0.2) is 9.13 Å². The Labute approximate surface area is 608 Å². The van der Waals surface area contributed by atoms with E-state index in [4.69, 9.17) is 37.0 Å². The lowest BCUT2D eigenvalue weighted by atomic mass is 10.1. The van der Waals surface area contributed by atoms with Crippen molar-refractivity contribution in [2.75, 3.05) is 39.6 Å². The van der Waals surface area contributed by atoms with Crippen LogP contribution in [0.1, 0.15) is 349 Å². The van der Waals surface area contributed by atoms with Gasteiger partial charge in [0.2, 0.25) is 0 Å². The van der Waals surface area contributed by atoms with Gasteiger partial charge in [0, 0.05) is 25.7 Å². The average molecular weight is 1450 g/mol. The summed E-state index contributed by atoms with van der Waals surface area (Å²) in [5.74, 6) is -2.18. The molecule has 0 heterocycles. The number of aliphatic hydroxyl groups is 1. The topological polar surface area (TPSA) is 237 Å². The highest BCUT2D eigenvalue weighted by Crippen LogP contribution is 2.45. The molecule has 0 aliphatic rings. The minimum absolute atomic E-state index is 0.0850. The fourth-order valence-electron chi connectivity index (χ4n) is 10.8. The molecule has 17 nitrogen and oxygen atoms in total. The van der Waals surface area contributed by atoms with Crippen molar-refractivity contribution in [2.24, 2.45) is 0 Å². The van der Waals surface area contributed by atoms with E-state index < -0.39 is 97.5 Å². The summed E-state index contributed by atoms with van der Waals surface area (Å²) >= 11 is 0. The summed E-state index contributed by atoms with van der Waals surface area (Å²) < 4.78 is 68.6. The van der Waals surface area contributed by atoms with Crippen LogP contribution in [0.15, 0.2) is 85.1 Å².